The summed E-state index contributed by atoms with van der Waals surface area (Å²) in [5.74, 6) is -2.23. The van der Waals surface area contributed by atoms with Gasteiger partial charge in [0.25, 0.3) is 5.91 Å². The minimum Gasteiger partial charge on any atom is -0.503 e. The van der Waals surface area contributed by atoms with Gasteiger partial charge in [0.15, 0.2) is 29.6 Å². The lowest BCUT2D eigenvalue weighted by Crippen LogP contribution is -2.65. The maximum absolute atomic E-state index is 12.4. The van der Waals surface area contributed by atoms with E-state index >= 15 is 0 Å². The molecule has 0 spiro atoms. The van der Waals surface area contributed by atoms with E-state index in [1.54, 1.807) is 0 Å². The Morgan fingerprint density at radius 1 is 1.38 bits per heavy atom. The zero-order valence-electron chi connectivity index (χ0n) is 14.0. The molecule has 1 aliphatic heterocycles. The Balaban J connectivity index is 2.26. The minimum atomic E-state index is -1.70. The third kappa shape index (κ3) is 4.02. The Morgan fingerprint density at radius 2 is 2.08 bits per heavy atom. The van der Waals surface area contributed by atoms with Crippen LogP contribution < -0.4 is 10.1 Å². The fourth-order valence-electron chi connectivity index (χ4n) is 2.56. The van der Waals surface area contributed by atoms with E-state index in [1.807, 2.05) is 0 Å². The Bertz CT molecular complexity index is 669. The molecule has 144 valence electrons. The van der Waals surface area contributed by atoms with Crippen LogP contribution in [0.15, 0.2) is 12.3 Å². The number of esters is 1. The number of carbonyl (C=O) groups excluding carboxylic acids is 2. The number of hydrogen-bond donors (Lipinski definition) is 5. The van der Waals surface area contributed by atoms with Crippen LogP contribution in [-0.2, 0) is 14.3 Å². The number of aliphatic hydroxyl groups excluding tert-OH is 3. The molecule has 0 bridgehead atoms. The number of aromatic nitrogens is 1. The number of ether oxygens (including phenoxy) is 3. The highest BCUT2D eigenvalue weighted by atomic mass is 16.6. The molecule has 1 fully saturated rings. The molecule has 5 atom stereocenters. The van der Waals surface area contributed by atoms with Crippen LogP contribution in [0, 0.1) is 0 Å². The molecule has 0 aromatic carbocycles. The number of rotatable bonds is 5. The standard InChI is InChI=1S/C15H20N2O9/c1-6(19)25-13-10(15(23)26-8(5-18)12(13)21)17-14(22)9-11(20)7(24-2)3-4-16-9/h3-4,8,10,12-13,15,18,20-21,23H,5H2,1-2H3,(H,17,22)/t8-,10-,12-,13-,15+/m1/s1. The van der Waals surface area contributed by atoms with Crippen LogP contribution in [0.2, 0.25) is 0 Å². The summed E-state index contributed by atoms with van der Waals surface area (Å²) in [5.41, 5.74) is -0.406. The van der Waals surface area contributed by atoms with E-state index in [1.165, 1.54) is 19.4 Å². The van der Waals surface area contributed by atoms with E-state index in [2.05, 4.69) is 10.3 Å². The summed E-state index contributed by atoms with van der Waals surface area (Å²) in [7, 11) is 1.29. The number of hydrogen-bond acceptors (Lipinski definition) is 10. The minimum absolute atomic E-state index is 0.00232. The van der Waals surface area contributed by atoms with Gasteiger partial charge in [-0.15, -0.1) is 0 Å². The van der Waals surface area contributed by atoms with Crippen molar-refractivity contribution in [2.45, 2.75) is 37.6 Å². The van der Waals surface area contributed by atoms with Crippen LogP contribution in [0.4, 0.5) is 0 Å². The molecule has 0 saturated carbocycles. The molecule has 1 aromatic heterocycles. The van der Waals surface area contributed by atoms with E-state index < -0.39 is 60.6 Å². The third-order valence-corrected chi connectivity index (χ3v) is 3.79. The number of carbonyl (C=O) groups is 2. The van der Waals surface area contributed by atoms with Gasteiger partial charge in [-0.2, -0.15) is 0 Å². The van der Waals surface area contributed by atoms with Crippen molar-refractivity contribution < 1.29 is 44.2 Å². The second-order valence-electron chi connectivity index (χ2n) is 5.52. The summed E-state index contributed by atoms with van der Waals surface area (Å²) in [6, 6.07) is -0.0429. The number of aromatic hydroxyl groups is 1. The molecular formula is C15H20N2O9. The zero-order valence-corrected chi connectivity index (χ0v) is 14.0. The van der Waals surface area contributed by atoms with Gasteiger partial charge in [-0.3, -0.25) is 9.59 Å². The van der Waals surface area contributed by atoms with Crippen molar-refractivity contribution in [3.63, 3.8) is 0 Å². The first kappa shape index (κ1) is 19.8. The molecule has 11 heteroatoms. The Hall–Kier alpha value is -2.47. The van der Waals surface area contributed by atoms with Gasteiger partial charge in [0.1, 0.15) is 18.2 Å². The van der Waals surface area contributed by atoms with Gasteiger partial charge in [0.2, 0.25) is 0 Å². The summed E-state index contributed by atoms with van der Waals surface area (Å²) in [4.78, 5) is 27.4. The Kier molecular flexibility index (Phi) is 6.32. The van der Waals surface area contributed by atoms with Crippen molar-refractivity contribution >= 4 is 11.9 Å². The molecule has 1 saturated heterocycles. The van der Waals surface area contributed by atoms with Crippen LogP contribution in [0.25, 0.3) is 0 Å². The van der Waals surface area contributed by atoms with E-state index in [-0.39, 0.29) is 5.75 Å². The molecule has 11 nitrogen and oxygen atoms in total. The summed E-state index contributed by atoms with van der Waals surface area (Å²) in [6.45, 7) is 0.436. The van der Waals surface area contributed by atoms with E-state index in [0.717, 1.165) is 6.92 Å². The average molecular weight is 372 g/mol. The van der Waals surface area contributed by atoms with Crippen LogP contribution in [0.1, 0.15) is 17.4 Å². The van der Waals surface area contributed by atoms with E-state index in [4.69, 9.17) is 14.2 Å². The number of aliphatic hydroxyl groups is 3. The van der Waals surface area contributed by atoms with Gasteiger partial charge in [0, 0.05) is 19.2 Å². The molecule has 1 aromatic rings. The van der Waals surface area contributed by atoms with Crippen molar-refractivity contribution in [3.05, 3.63) is 18.0 Å². The highest BCUT2D eigenvalue weighted by Crippen LogP contribution is 2.28. The molecule has 2 heterocycles. The van der Waals surface area contributed by atoms with Gasteiger partial charge < -0.3 is 40.0 Å². The monoisotopic (exact) mass is 372 g/mol. The topological polar surface area (TPSA) is 168 Å². The van der Waals surface area contributed by atoms with Crippen LogP contribution in [0.5, 0.6) is 11.5 Å². The third-order valence-electron chi connectivity index (χ3n) is 3.79. The van der Waals surface area contributed by atoms with Crippen molar-refractivity contribution in [3.8, 4) is 11.5 Å². The lowest BCUT2D eigenvalue weighted by molar-refractivity contribution is -0.257. The van der Waals surface area contributed by atoms with Gasteiger partial charge in [-0.25, -0.2) is 4.98 Å². The maximum Gasteiger partial charge on any atom is 0.303 e. The van der Waals surface area contributed by atoms with E-state index in [0.29, 0.717) is 0 Å². The Morgan fingerprint density at radius 3 is 2.65 bits per heavy atom. The highest BCUT2D eigenvalue weighted by molar-refractivity contribution is 5.95. The molecule has 1 aliphatic rings. The molecule has 2 rings (SSSR count). The van der Waals surface area contributed by atoms with Crippen LogP contribution in [0.3, 0.4) is 0 Å². The smallest absolute Gasteiger partial charge is 0.303 e. The normalized spacial score (nSPS) is 28.3. The predicted molar refractivity (Wildman–Crippen MR) is 83.2 cm³/mol. The van der Waals surface area contributed by atoms with Crippen molar-refractivity contribution in [1.29, 1.82) is 0 Å². The van der Waals surface area contributed by atoms with Gasteiger partial charge in [-0.1, -0.05) is 0 Å². The molecule has 0 unspecified atom stereocenters. The van der Waals surface area contributed by atoms with Gasteiger partial charge in [-0.05, 0) is 0 Å². The first-order valence-corrected chi connectivity index (χ1v) is 7.62. The molecule has 26 heavy (non-hydrogen) atoms. The van der Waals surface area contributed by atoms with Crippen molar-refractivity contribution in [1.82, 2.24) is 10.3 Å². The van der Waals surface area contributed by atoms with Crippen LogP contribution >= 0.6 is 0 Å². The van der Waals surface area contributed by atoms with E-state index in [9.17, 15) is 30.0 Å². The fraction of sp³-hybridized carbons (Fsp3) is 0.533. The largest absolute Gasteiger partial charge is 0.503 e. The van der Waals surface area contributed by atoms with Gasteiger partial charge >= 0.3 is 5.97 Å². The van der Waals surface area contributed by atoms with Gasteiger partial charge in [0.05, 0.1) is 13.7 Å². The number of methoxy groups -OCH3 is 1. The number of nitrogens with one attached hydrogen (secondary N) is 1. The van der Waals surface area contributed by atoms with Crippen molar-refractivity contribution in [2.24, 2.45) is 0 Å². The predicted octanol–water partition coefficient (Wildman–Crippen LogP) is -2.10. The van der Waals surface area contributed by atoms with Crippen LogP contribution in [-0.4, -0.2) is 81.6 Å². The first-order valence-electron chi connectivity index (χ1n) is 7.62. The lowest BCUT2D eigenvalue weighted by atomic mass is 9.96. The van der Waals surface area contributed by atoms with Crippen molar-refractivity contribution in [2.75, 3.05) is 13.7 Å². The summed E-state index contributed by atoms with van der Waals surface area (Å²) >= 11 is 0. The molecule has 1 amide bonds. The molecule has 5 N–H and O–H groups in total. The molecular weight excluding hydrogens is 352 g/mol. The summed E-state index contributed by atoms with van der Waals surface area (Å²) in [6.07, 6.45) is -4.60. The second-order valence-corrected chi connectivity index (χ2v) is 5.52. The second kappa shape index (κ2) is 8.27. The quantitative estimate of drug-likeness (QED) is 0.361. The number of pyridine rings is 1. The number of nitrogens with zero attached hydrogens (tertiary/aromatic N) is 1. The molecule has 0 radical (unpaired) electrons. The lowest BCUT2D eigenvalue weighted by Gasteiger charge is -2.41. The number of amides is 1. The first-order chi connectivity index (χ1) is 12.3. The maximum atomic E-state index is 12.4. The Labute approximate surface area is 148 Å². The molecule has 0 aliphatic carbocycles. The SMILES string of the molecule is COc1ccnc(C(=O)N[C@@H]2[C@@H](OC(C)=O)[C@H](O)[C@@H](CO)O[C@@H]2O)c1O. The highest BCUT2D eigenvalue weighted by Gasteiger charge is 2.47. The zero-order chi connectivity index (χ0) is 19.4. The summed E-state index contributed by atoms with van der Waals surface area (Å²) in [5, 5.41) is 41.7. The summed E-state index contributed by atoms with van der Waals surface area (Å²) < 4.78 is 14.9. The average Bonchev–Trinajstić information content (AvgIpc) is 2.60. The fourth-order valence-corrected chi connectivity index (χ4v) is 2.56.